The van der Waals surface area contributed by atoms with Crippen molar-refractivity contribution in [1.82, 2.24) is 0 Å². The zero-order chi connectivity index (χ0) is 11.3. The topological polar surface area (TPSA) is 61.6 Å². The lowest BCUT2D eigenvalue weighted by atomic mass is 10.0. The summed E-state index contributed by atoms with van der Waals surface area (Å²) in [4.78, 5) is 10.7. The molecular weight excluding hydrogens is 278 g/mol. The van der Waals surface area contributed by atoms with Gasteiger partial charge in [-0.1, -0.05) is 0 Å². The quantitative estimate of drug-likeness (QED) is 0.586. The van der Waals surface area contributed by atoms with Crippen LogP contribution < -0.4 is 9.47 Å². The van der Waals surface area contributed by atoms with Crippen LogP contribution in [0.3, 0.4) is 0 Å². The number of nitro groups is 1. The van der Waals surface area contributed by atoms with Crippen molar-refractivity contribution >= 4 is 21.6 Å². The molecule has 1 aromatic carbocycles. The van der Waals surface area contributed by atoms with E-state index >= 15 is 0 Å². The Labute approximate surface area is 99.6 Å². The Morgan fingerprint density at radius 2 is 1.75 bits per heavy atom. The summed E-state index contributed by atoms with van der Waals surface area (Å²) in [6.07, 6.45) is 1.26. The molecular formula is C10H8BrNO4. The van der Waals surface area contributed by atoms with Crippen molar-refractivity contribution in [3.8, 4) is 11.5 Å². The average Bonchev–Trinajstić information content (AvgIpc) is 2.84. The number of hydrogen-bond acceptors (Lipinski definition) is 4. The highest BCUT2D eigenvalue weighted by Crippen LogP contribution is 2.50. The van der Waals surface area contributed by atoms with Crippen molar-refractivity contribution in [2.45, 2.75) is 12.8 Å². The van der Waals surface area contributed by atoms with Crippen LogP contribution in [-0.4, -0.2) is 18.1 Å². The molecule has 2 heterocycles. The van der Waals surface area contributed by atoms with Crippen LogP contribution >= 0.6 is 15.9 Å². The van der Waals surface area contributed by atoms with Gasteiger partial charge in [-0.2, -0.15) is 0 Å². The monoisotopic (exact) mass is 285 g/mol. The molecule has 1 aromatic rings. The molecule has 0 N–H and O–H groups in total. The zero-order valence-electron chi connectivity index (χ0n) is 8.29. The molecule has 84 valence electrons. The molecule has 0 aliphatic carbocycles. The predicted octanol–water partition coefficient (Wildman–Crippen LogP) is 2.23. The van der Waals surface area contributed by atoms with Crippen molar-refractivity contribution in [2.75, 3.05) is 13.2 Å². The third kappa shape index (κ3) is 1.16. The fraction of sp³-hybridized carbons (Fsp3) is 0.400. The first kappa shape index (κ1) is 9.89. The fourth-order valence-electron chi connectivity index (χ4n) is 2.22. The van der Waals surface area contributed by atoms with Gasteiger partial charge in [0, 0.05) is 18.4 Å². The Morgan fingerprint density at radius 1 is 1.12 bits per heavy atom. The number of nitro benzene ring substituents is 1. The molecule has 0 aromatic heterocycles. The first-order chi connectivity index (χ1) is 7.70. The summed E-state index contributed by atoms with van der Waals surface area (Å²) in [5.74, 6) is 1.04. The second-order valence-corrected chi connectivity index (χ2v) is 4.52. The normalized spacial score (nSPS) is 16.3. The molecule has 2 aliphatic heterocycles. The molecule has 16 heavy (non-hydrogen) atoms. The maximum absolute atomic E-state index is 11.1. The van der Waals surface area contributed by atoms with E-state index in [9.17, 15) is 10.1 Å². The van der Waals surface area contributed by atoms with Gasteiger partial charge in [0.1, 0.15) is 5.75 Å². The highest BCUT2D eigenvalue weighted by atomic mass is 79.9. The minimum Gasteiger partial charge on any atom is -0.491 e. The van der Waals surface area contributed by atoms with Crippen LogP contribution in [0.25, 0.3) is 0 Å². The molecule has 0 saturated heterocycles. The Balaban J connectivity index is 2.36. The number of fused-ring (bicyclic) bond motifs is 2. The summed E-state index contributed by atoms with van der Waals surface area (Å²) < 4.78 is 11.6. The largest absolute Gasteiger partial charge is 0.491 e. The third-order valence-electron chi connectivity index (χ3n) is 2.89. The molecule has 0 amide bonds. The summed E-state index contributed by atoms with van der Waals surface area (Å²) in [7, 11) is 0. The van der Waals surface area contributed by atoms with Gasteiger partial charge in [-0.05, 0) is 15.9 Å². The maximum atomic E-state index is 11.1. The number of hydrogen-bond donors (Lipinski definition) is 0. The van der Waals surface area contributed by atoms with Gasteiger partial charge in [0.15, 0.2) is 0 Å². The molecule has 2 aliphatic rings. The van der Waals surface area contributed by atoms with Crippen LogP contribution in [0.4, 0.5) is 5.69 Å². The van der Waals surface area contributed by atoms with Gasteiger partial charge in [0.25, 0.3) is 0 Å². The van der Waals surface area contributed by atoms with Crippen LogP contribution in [-0.2, 0) is 12.8 Å². The molecule has 6 heteroatoms. The lowest BCUT2D eigenvalue weighted by Crippen LogP contribution is -1.98. The summed E-state index contributed by atoms with van der Waals surface area (Å²) in [6, 6.07) is 0. The molecule has 0 atom stereocenters. The van der Waals surface area contributed by atoms with Crippen LogP contribution in [0.5, 0.6) is 11.5 Å². The molecule has 0 fully saturated rings. The second-order valence-electron chi connectivity index (χ2n) is 3.73. The maximum Gasteiger partial charge on any atom is 0.318 e. The van der Waals surface area contributed by atoms with Crippen LogP contribution in [0.1, 0.15) is 11.1 Å². The Bertz CT molecular complexity index is 465. The second kappa shape index (κ2) is 3.35. The Morgan fingerprint density at radius 3 is 2.44 bits per heavy atom. The number of nitrogens with zero attached hydrogens (tertiary/aromatic N) is 1. The van der Waals surface area contributed by atoms with E-state index < -0.39 is 0 Å². The van der Waals surface area contributed by atoms with E-state index in [1.54, 1.807) is 0 Å². The van der Waals surface area contributed by atoms with Gasteiger partial charge >= 0.3 is 5.69 Å². The number of rotatable bonds is 1. The predicted molar refractivity (Wildman–Crippen MR) is 59.2 cm³/mol. The first-order valence-electron chi connectivity index (χ1n) is 4.97. The van der Waals surface area contributed by atoms with Crippen LogP contribution in [0.15, 0.2) is 4.47 Å². The zero-order valence-corrected chi connectivity index (χ0v) is 9.87. The SMILES string of the molecule is O=[N+]([O-])c1c2c(c(Br)c3c1OCC3)OCC2. The van der Waals surface area contributed by atoms with Gasteiger partial charge in [-0.15, -0.1) is 0 Å². The molecule has 0 saturated carbocycles. The standard InChI is InChI=1S/C10H8BrNO4/c11-7-5-1-3-16-10(5)8(12(13)14)6-2-4-15-9(6)7/h1-4H2. The van der Waals surface area contributed by atoms with Crippen molar-refractivity contribution < 1.29 is 14.4 Å². The first-order valence-corrected chi connectivity index (χ1v) is 5.76. The highest BCUT2D eigenvalue weighted by Gasteiger charge is 2.36. The number of ether oxygens (including phenoxy) is 2. The number of halogens is 1. The van der Waals surface area contributed by atoms with Crippen LogP contribution in [0, 0.1) is 10.1 Å². The summed E-state index contributed by atoms with van der Waals surface area (Å²) in [6.45, 7) is 0.995. The van der Waals surface area contributed by atoms with Crippen molar-refractivity contribution in [3.63, 3.8) is 0 Å². The molecule has 0 radical (unpaired) electrons. The molecule has 0 unspecified atom stereocenters. The Hall–Kier alpha value is -1.30. The van der Waals surface area contributed by atoms with E-state index in [4.69, 9.17) is 9.47 Å². The van der Waals surface area contributed by atoms with Gasteiger partial charge < -0.3 is 9.47 Å². The summed E-state index contributed by atoms with van der Waals surface area (Å²) >= 11 is 3.44. The number of benzene rings is 1. The molecule has 0 bridgehead atoms. The van der Waals surface area contributed by atoms with E-state index in [-0.39, 0.29) is 10.6 Å². The highest BCUT2D eigenvalue weighted by molar-refractivity contribution is 9.10. The van der Waals surface area contributed by atoms with Gasteiger partial charge in [-0.3, -0.25) is 10.1 Å². The third-order valence-corrected chi connectivity index (χ3v) is 3.73. The van der Waals surface area contributed by atoms with E-state index in [0.717, 1.165) is 10.0 Å². The van der Waals surface area contributed by atoms with Crippen molar-refractivity contribution in [1.29, 1.82) is 0 Å². The fourth-order valence-corrected chi connectivity index (χ4v) is 2.95. The van der Waals surface area contributed by atoms with Gasteiger partial charge in [0.2, 0.25) is 5.75 Å². The van der Waals surface area contributed by atoms with E-state index in [0.29, 0.717) is 43.1 Å². The van der Waals surface area contributed by atoms with Crippen molar-refractivity contribution in [3.05, 3.63) is 25.7 Å². The minimum absolute atomic E-state index is 0.0863. The van der Waals surface area contributed by atoms with E-state index in [1.165, 1.54) is 0 Å². The Kier molecular flexibility index (Phi) is 2.07. The molecule has 0 spiro atoms. The average molecular weight is 286 g/mol. The van der Waals surface area contributed by atoms with Crippen LogP contribution in [0.2, 0.25) is 0 Å². The van der Waals surface area contributed by atoms with Gasteiger partial charge in [-0.25, -0.2) is 0 Å². The van der Waals surface area contributed by atoms with Crippen molar-refractivity contribution in [2.24, 2.45) is 0 Å². The van der Waals surface area contributed by atoms with E-state index in [1.807, 2.05) is 0 Å². The smallest absolute Gasteiger partial charge is 0.318 e. The lowest BCUT2D eigenvalue weighted by Gasteiger charge is -2.08. The summed E-state index contributed by atoms with van der Waals surface area (Å²) in [5, 5.41) is 11.1. The minimum atomic E-state index is -0.371. The lowest BCUT2D eigenvalue weighted by molar-refractivity contribution is -0.386. The van der Waals surface area contributed by atoms with Gasteiger partial charge in [0.05, 0.1) is 28.2 Å². The molecule has 5 nitrogen and oxygen atoms in total. The molecule has 3 rings (SSSR count). The van der Waals surface area contributed by atoms with E-state index in [2.05, 4.69) is 15.9 Å². The summed E-state index contributed by atoms with van der Waals surface area (Å²) in [5.41, 5.74) is 1.59.